The fourth-order valence-electron chi connectivity index (χ4n) is 11.7. The molecule has 0 fully saturated rings. The zero-order valence-corrected chi connectivity index (χ0v) is 49.5. The fourth-order valence-corrected chi connectivity index (χ4v) is 12.8. The summed E-state index contributed by atoms with van der Waals surface area (Å²) in [4.78, 5) is 71.1. The molecule has 15 aromatic rings. The van der Waals surface area contributed by atoms with E-state index in [9.17, 15) is 28.0 Å². The van der Waals surface area contributed by atoms with E-state index in [1.54, 1.807) is 6.07 Å². The van der Waals surface area contributed by atoms with E-state index in [4.69, 9.17) is 9.37 Å². The van der Waals surface area contributed by atoms with E-state index in [0.29, 0.717) is 44.2 Å². The molecule has 0 N–H and O–H groups in total. The number of aryl methyl sites for hydroxylation is 4. The van der Waals surface area contributed by atoms with Crippen molar-refractivity contribution in [2.24, 2.45) is 9.98 Å². The van der Waals surface area contributed by atoms with Crippen LogP contribution in [0.15, 0.2) is 242 Å². The second-order valence-corrected chi connectivity index (χ2v) is 23.2. The highest BCUT2D eigenvalue weighted by atomic mass is 32.1. The van der Waals surface area contributed by atoms with Gasteiger partial charge in [-0.15, -0.1) is 0 Å². The summed E-state index contributed by atoms with van der Waals surface area (Å²) < 4.78 is 46.3. The fraction of sp³-hybridized carbons (Fsp3) is 0.0548. The lowest BCUT2D eigenvalue weighted by Crippen LogP contribution is -2.31. The summed E-state index contributed by atoms with van der Waals surface area (Å²) >= 11 is 2.01. The minimum Gasteiger partial charge on any atom is -0.311 e. The molecule has 3 aromatic heterocycles. The molecule has 0 radical (unpaired) electrons. The standard InChI is InChI=1S/C73H45F2N9O4S2/c1-40-7-21-48(22-8-40)83(52-29-17-44(18-30-52)54-33-34-61(66-64(54)79-89-80-66)77-65-55-35-46-5-3-4-6-47(46)36-56(55)72(87)73(65)88)50-25-13-42(14-26-50)11-12-43-15-27-51(28-16-43)84(49-23-9-41(2)10-24-49)53-31-19-45(20-32-53)63-68-67(81-90-82-68)62(39-76-63)78-69-70(85)57-37-59(74)60(75)38-58(57)71(69)86/h3-10,13-39H,11-12H2,1-2H3/b77-65-. The van der Waals surface area contributed by atoms with Crippen LogP contribution in [0.4, 0.5) is 54.3 Å². The average molecular weight is 1210 g/mol. The molecule has 0 aliphatic carbocycles. The van der Waals surface area contributed by atoms with Crippen LogP contribution in [0.2, 0.25) is 0 Å². The zero-order valence-electron chi connectivity index (χ0n) is 47.9. The number of rotatable bonds is 13. The number of anilines is 6. The van der Waals surface area contributed by atoms with E-state index in [2.05, 4.69) is 168 Å². The molecule has 13 nitrogen and oxygen atoms in total. The predicted octanol–water partition coefficient (Wildman–Crippen LogP) is 15.2. The van der Waals surface area contributed by atoms with Gasteiger partial charge in [0.1, 0.15) is 33.1 Å². The Labute approximate surface area is 518 Å². The molecule has 90 heavy (non-hydrogen) atoms. The molecule has 0 saturated heterocycles. The van der Waals surface area contributed by atoms with Crippen LogP contribution in [-0.2, 0) is 12.8 Å². The number of halogens is 2. The van der Waals surface area contributed by atoms with Crippen LogP contribution in [-0.4, -0.2) is 22.5 Å². The van der Waals surface area contributed by atoms with E-state index in [1.807, 2.05) is 66.7 Å². The van der Waals surface area contributed by atoms with E-state index in [0.717, 1.165) is 121 Å². The number of pyridine rings is 1. The molecule has 0 atom stereocenters. The van der Waals surface area contributed by atoms with E-state index in [1.165, 1.54) is 17.3 Å². The first-order chi connectivity index (χ1) is 43.9. The van der Waals surface area contributed by atoms with Crippen LogP contribution < -0.4 is 42.2 Å². The molecule has 0 bridgehead atoms. The molecular formula is C73H45F2N9O4S2. The van der Waals surface area contributed by atoms with Crippen molar-refractivity contribution in [1.29, 1.82) is 0 Å². The van der Waals surface area contributed by atoms with Crippen molar-refractivity contribution in [3.8, 4) is 22.4 Å². The maximum Gasteiger partial charge on any atom is 0.252 e. The Hall–Kier alpha value is -11.3. The molecule has 0 aliphatic rings. The lowest BCUT2D eigenvalue weighted by Gasteiger charge is -2.26. The van der Waals surface area contributed by atoms with Gasteiger partial charge in [-0.1, -0.05) is 108 Å². The van der Waals surface area contributed by atoms with Gasteiger partial charge >= 0.3 is 0 Å². The number of hydrogen-bond acceptors (Lipinski definition) is 15. The van der Waals surface area contributed by atoms with Crippen molar-refractivity contribution in [2.45, 2.75) is 26.7 Å². The molecule has 432 valence electrons. The van der Waals surface area contributed by atoms with Crippen molar-refractivity contribution >= 4 is 123 Å². The number of aromatic nitrogens is 5. The highest BCUT2D eigenvalue weighted by Gasteiger charge is 2.22. The molecule has 17 heteroatoms. The third-order valence-corrected chi connectivity index (χ3v) is 17.5. The van der Waals surface area contributed by atoms with Crippen molar-refractivity contribution in [1.82, 2.24) is 22.5 Å². The molecule has 0 saturated carbocycles. The zero-order chi connectivity index (χ0) is 61.3. The number of benzene rings is 10. The van der Waals surface area contributed by atoms with Crippen LogP contribution in [0, 0.1) is 25.5 Å². The summed E-state index contributed by atoms with van der Waals surface area (Å²) in [5.41, 5.74) is 13.3. The maximum atomic E-state index is 14.0. The Kier molecular flexibility index (Phi) is 13.8. The minimum atomic E-state index is -1.23. The van der Waals surface area contributed by atoms with E-state index >= 15 is 0 Å². The van der Waals surface area contributed by atoms with Gasteiger partial charge in [-0.3, -0.25) is 24.2 Å². The van der Waals surface area contributed by atoms with Crippen molar-refractivity contribution in [3.05, 3.63) is 298 Å². The summed E-state index contributed by atoms with van der Waals surface area (Å²) in [7, 11) is 0. The highest BCUT2D eigenvalue weighted by molar-refractivity contribution is 7.00. The maximum absolute atomic E-state index is 14.0. The van der Waals surface area contributed by atoms with Gasteiger partial charge in [0.2, 0.25) is 16.3 Å². The Bertz CT molecular complexity index is 5630. The van der Waals surface area contributed by atoms with Crippen LogP contribution >= 0.6 is 23.5 Å². The lowest BCUT2D eigenvalue weighted by molar-refractivity contribution is 0.511. The van der Waals surface area contributed by atoms with E-state index < -0.39 is 38.7 Å². The normalized spacial score (nSPS) is 11.9. The minimum absolute atomic E-state index is 0.111. The second-order valence-electron chi connectivity index (χ2n) is 22.1. The Balaban J connectivity index is 0.662. The molecular weight excluding hydrogens is 1170 g/mol. The molecule has 0 aliphatic heterocycles. The van der Waals surface area contributed by atoms with Gasteiger partial charge in [-0.2, -0.15) is 17.5 Å². The SMILES string of the molecule is Cc1ccc(N(c2ccc(CCc3ccc(N(c4ccc(C)cc4)c4ccc(-c5ncc(N=c6c(=O)c7cc(F)c(F)cc7c6=O)c6nsnc56)cc4)cc3)cc2)c2ccc(-c3ccc(/N=c4\c(=O)c(=O)c5cc6ccccc6cc45)c4nsnc34)cc2)cc1. The van der Waals surface area contributed by atoms with Gasteiger partial charge in [0.05, 0.1) is 41.0 Å². The van der Waals surface area contributed by atoms with E-state index in [-0.39, 0.29) is 21.8 Å². The van der Waals surface area contributed by atoms with Crippen LogP contribution in [0.5, 0.6) is 0 Å². The number of hydrogen-bond donors (Lipinski definition) is 0. The quantitative estimate of drug-likeness (QED) is 0.101. The average Bonchev–Trinajstić information content (AvgIpc) is 2.16. The van der Waals surface area contributed by atoms with Crippen LogP contribution in [0.3, 0.4) is 0 Å². The largest absolute Gasteiger partial charge is 0.311 e. The first-order valence-corrected chi connectivity index (χ1v) is 30.2. The monoisotopic (exact) mass is 1210 g/mol. The molecule has 3 heterocycles. The second kappa shape index (κ2) is 22.5. The van der Waals surface area contributed by atoms with Gasteiger partial charge < -0.3 is 9.80 Å². The molecule has 12 aromatic carbocycles. The number of fused-ring (bicyclic) bond motifs is 5. The Morgan fingerprint density at radius 2 is 0.822 bits per heavy atom. The van der Waals surface area contributed by atoms with Crippen LogP contribution in [0.1, 0.15) is 22.3 Å². The topological polar surface area (TPSA) is 164 Å². The summed E-state index contributed by atoms with van der Waals surface area (Å²) in [6.45, 7) is 4.14. The molecule has 0 unspecified atom stereocenters. The Morgan fingerprint density at radius 1 is 0.400 bits per heavy atom. The van der Waals surface area contributed by atoms with Crippen molar-refractivity contribution in [3.63, 3.8) is 0 Å². The van der Waals surface area contributed by atoms with Gasteiger partial charge in [-0.25, -0.2) is 18.8 Å². The first kappa shape index (κ1) is 55.3. The first-order valence-electron chi connectivity index (χ1n) is 28.8. The van der Waals surface area contributed by atoms with Gasteiger partial charge in [0.25, 0.3) is 5.43 Å². The summed E-state index contributed by atoms with van der Waals surface area (Å²) in [6, 6.07) is 67.0. The van der Waals surface area contributed by atoms with Gasteiger partial charge in [0.15, 0.2) is 17.0 Å². The van der Waals surface area contributed by atoms with Crippen LogP contribution in [0.25, 0.3) is 76.8 Å². The summed E-state index contributed by atoms with van der Waals surface area (Å²) in [5.74, 6) is -2.46. The highest BCUT2D eigenvalue weighted by Crippen LogP contribution is 2.41. The van der Waals surface area contributed by atoms with Gasteiger partial charge in [-0.05, 0) is 163 Å². The van der Waals surface area contributed by atoms with Gasteiger partial charge in [0, 0.05) is 66.8 Å². The molecule has 15 rings (SSSR count). The predicted molar refractivity (Wildman–Crippen MR) is 355 cm³/mol. The van der Waals surface area contributed by atoms with Crippen molar-refractivity contribution < 1.29 is 8.78 Å². The summed E-state index contributed by atoms with van der Waals surface area (Å²) in [6.07, 6.45) is 3.06. The molecule has 0 amide bonds. The van der Waals surface area contributed by atoms with Crippen molar-refractivity contribution in [2.75, 3.05) is 9.80 Å². The summed E-state index contributed by atoms with van der Waals surface area (Å²) in [5, 5.41) is 1.82. The smallest absolute Gasteiger partial charge is 0.252 e. The number of nitrogens with zero attached hydrogens (tertiary/aromatic N) is 9. The third kappa shape index (κ3) is 9.91. The third-order valence-electron chi connectivity index (χ3n) is 16.4. The molecule has 0 spiro atoms. The Morgan fingerprint density at radius 3 is 1.34 bits per heavy atom. The lowest BCUT2D eigenvalue weighted by atomic mass is 10.0.